The van der Waals surface area contributed by atoms with Gasteiger partial charge < -0.3 is 0 Å². The van der Waals surface area contributed by atoms with Gasteiger partial charge in [0, 0.05) is 64.1 Å². The number of aromatic nitrogens is 3. The van der Waals surface area contributed by atoms with Crippen molar-refractivity contribution >= 4 is 53.2 Å². The van der Waals surface area contributed by atoms with E-state index in [1.807, 2.05) is 29.5 Å². The lowest BCUT2D eigenvalue weighted by molar-refractivity contribution is 1.18. The molecule has 0 amide bonds. The van der Waals surface area contributed by atoms with Gasteiger partial charge in [-0.15, -0.1) is 11.3 Å². The van der Waals surface area contributed by atoms with Gasteiger partial charge in [0.25, 0.3) is 0 Å². The van der Waals surface area contributed by atoms with Crippen LogP contribution in [0.2, 0.25) is 0 Å². The first-order valence-electron chi connectivity index (χ1n) is 21.3. The summed E-state index contributed by atoms with van der Waals surface area (Å²) in [5.74, 6) is 0.675. The van der Waals surface area contributed by atoms with E-state index in [4.69, 9.17) is 15.0 Å². The number of pyridine rings is 1. The fourth-order valence-corrected chi connectivity index (χ4v) is 10.3. The van der Waals surface area contributed by atoms with Crippen LogP contribution >= 0.6 is 11.3 Å². The molecular formula is C59H37N3S. The molecular weight excluding hydrogens is 783 g/mol. The topological polar surface area (TPSA) is 38.7 Å². The largest absolute Gasteiger partial charge is 0.247 e. The molecule has 3 nitrogen and oxygen atoms in total. The first-order valence-corrected chi connectivity index (χ1v) is 22.1. The van der Waals surface area contributed by atoms with E-state index in [9.17, 15) is 0 Å². The highest BCUT2D eigenvalue weighted by Gasteiger charge is 2.22. The first-order chi connectivity index (χ1) is 31.2. The van der Waals surface area contributed by atoms with Gasteiger partial charge in [0.05, 0.1) is 22.6 Å². The summed E-state index contributed by atoms with van der Waals surface area (Å²) in [6.07, 6.45) is 0. The minimum atomic E-state index is 0.675. The molecule has 3 heterocycles. The quantitative estimate of drug-likeness (QED) is 0.150. The first kappa shape index (κ1) is 36.8. The molecule has 0 aliphatic rings. The summed E-state index contributed by atoms with van der Waals surface area (Å²) in [5.41, 5.74) is 14.3. The van der Waals surface area contributed by atoms with Crippen molar-refractivity contribution in [3.63, 3.8) is 0 Å². The third-order valence-electron chi connectivity index (χ3n) is 12.1. The van der Waals surface area contributed by atoms with Gasteiger partial charge in [-0.25, -0.2) is 15.0 Å². The van der Waals surface area contributed by atoms with E-state index >= 15 is 0 Å². The number of thiophene rings is 1. The van der Waals surface area contributed by atoms with Crippen molar-refractivity contribution in [2.75, 3.05) is 0 Å². The van der Waals surface area contributed by atoms with Crippen LogP contribution in [0, 0.1) is 0 Å². The van der Waals surface area contributed by atoms with Gasteiger partial charge in [-0.3, -0.25) is 0 Å². The number of hydrogen-bond donors (Lipinski definition) is 0. The fourth-order valence-electron chi connectivity index (χ4n) is 9.03. The molecule has 0 atom stereocenters. The molecule has 0 unspecified atom stereocenters. The van der Waals surface area contributed by atoms with Gasteiger partial charge in [0.2, 0.25) is 0 Å². The van der Waals surface area contributed by atoms with Gasteiger partial charge in [0.15, 0.2) is 5.82 Å². The molecule has 3 aromatic heterocycles. The van der Waals surface area contributed by atoms with E-state index in [1.54, 1.807) is 0 Å². The van der Waals surface area contributed by atoms with Crippen molar-refractivity contribution in [3.05, 3.63) is 224 Å². The molecule has 0 radical (unpaired) electrons. The Morgan fingerprint density at radius 3 is 1.40 bits per heavy atom. The monoisotopic (exact) mass is 819 g/mol. The number of benzene rings is 9. The van der Waals surface area contributed by atoms with Crippen LogP contribution in [0.4, 0.5) is 0 Å². The van der Waals surface area contributed by atoms with Crippen LogP contribution in [-0.4, -0.2) is 15.0 Å². The summed E-state index contributed by atoms with van der Waals surface area (Å²) in [6.45, 7) is 0. The summed E-state index contributed by atoms with van der Waals surface area (Å²) in [7, 11) is 0. The van der Waals surface area contributed by atoms with Crippen LogP contribution in [0.1, 0.15) is 0 Å². The Balaban J connectivity index is 1.11. The maximum Gasteiger partial charge on any atom is 0.160 e. The number of rotatable bonds is 7. The molecule has 0 fully saturated rings. The SMILES string of the molecule is c1ccc(-c2ccc(-c3nc(-c4ccccc4)nc(-c4ccc(-c5ccccc5)cc4)c3-c3cccc(-c4nc5ccccc5c5c4ccc4c6ccccc6sc45)c3)cc2)cc1. The molecule has 0 saturated carbocycles. The second-order valence-electron chi connectivity index (χ2n) is 15.9. The average Bonchev–Trinajstić information content (AvgIpc) is 3.76. The Bertz CT molecular complexity index is 3530. The average molecular weight is 820 g/mol. The van der Waals surface area contributed by atoms with Crippen molar-refractivity contribution in [1.29, 1.82) is 0 Å². The number of fused-ring (bicyclic) bond motifs is 7. The third-order valence-corrected chi connectivity index (χ3v) is 13.3. The normalized spacial score (nSPS) is 11.5. The predicted octanol–water partition coefficient (Wildman–Crippen LogP) is 16.2. The lowest BCUT2D eigenvalue weighted by Crippen LogP contribution is -2.01. The fraction of sp³-hybridized carbons (Fsp3) is 0. The standard InChI is InChI=1S/C59H37N3S/c1-4-15-38(16-5-1)40-27-31-42(32-28-40)56-53(57(62-59(61-56)44-19-8-3-9-20-44)43-33-29-41(30-34-43)39-17-6-2-7-18-39)45-21-14-22-46(37-45)55-50-36-35-48-47-23-11-13-26-52(47)63-58(48)54(50)49-24-10-12-25-51(49)60-55/h1-37H. The van der Waals surface area contributed by atoms with Crippen LogP contribution in [0.5, 0.6) is 0 Å². The number of hydrogen-bond acceptors (Lipinski definition) is 4. The summed E-state index contributed by atoms with van der Waals surface area (Å²) in [6, 6.07) is 79.6. The smallest absolute Gasteiger partial charge is 0.160 e. The van der Waals surface area contributed by atoms with Crippen LogP contribution in [0.15, 0.2) is 224 Å². The van der Waals surface area contributed by atoms with Crippen molar-refractivity contribution in [2.24, 2.45) is 0 Å². The van der Waals surface area contributed by atoms with Gasteiger partial charge >= 0.3 is 0 Å². The lowest BCUT2D eigenvalue weighted by atomic mass is 9.91. The van der Waals surface area contributed by atoms with Gasteiger partial charge in [0.1, 0.15) is 0 Å². The molecule has 4 heteroatoms. The summed E-state index contributed by atoms with van der Waals surface area (Å²) in [5, 5.41) is 6.11. The van der Waals surface area contributed by atoms with E-state index in [0.717, 1.165) is 77.9 Å². The van der Waals surface area contributed by atoms with Crippen LogP contribution in [0.25, 0.3) is 120 Å². The van der Waals surface area contributed by atoms with Gasteiger partial charge in [-0.2, -0.15) is 0 Å². The van der Waals surface area contributed by atoms with Crippen LogP contribution in [0.3, 0.4) is 0 Å². The highest BCUT2D eigenvalue weighted by Crippen LogP contribution is 2.45. The molecule has 12 aromatic rings. The van der Waals surface area contributed by atoms with Crippen molar-refractivity contribution in [3.8, 4) is 78.5 Å². The second kappa shape index (κ2) is 15.4. The van der Waals surface area contributed by atoms with E-state index in [1.165, 1.54) is 36.7 Å². The molecule has 12 rings (SSSR count). The summed E-state index contributed by atoms with van der Waals surface area (Å²) in [4.78, 5) is 16.4. The second-order valence-corrected chi connectivity index (χ2v) is 16.9. The highest BCUT2D eigenvalue weighted by molar-refractivity contribution is 7.26. The summed E-state index contributed by atoms with van der Waals surface area (Å²) >= 11 is 1.86. The van der Waals surface area contributed by atoms with Crippen molar-refractivity contribution in [1.82, 2.24) is 15.0 Å². The number of para-hydroxylation sites is 1. The Hall–Kier alpha value is -8.05. The molecule has 294 valence electrons. The van der Waals surface area contributed by atoms with Gasteiger partial charge in [-0.05, 0) is 46.0 Å². The zero-order chi connectivity index (χ0) is 41.7. The zero-order valence-electron chi connectivity index (χ0n) is 34.1. The Morgan fingerprint density at radius 2 is 0.762 bits per heavy atom. The maximum absolute atomic E-state index is 5.47. The molecule has 63 heavy (non-hydrogen) atoms. The van der Waals surface area contributed by atoms with Crippen LogP contribution < -0.4 is 0 Å². The predicted molar refractivity (Wildman–Crippen MR) is 266 cm³/mol. The van der Waals surface area contributed by atoms with Gasteiger partial charge in [-0.1, -0.05) is 206 Å². The highest BCUT2D eigenvalue weighted by atomic mass is 32.1. The minimum absolute atomic E-state index is 0.675. The Labute approximate surface area is 369 Å². The van der Waals surface area contributed by atoms with Crippen LogP contribution in [-0.2, 0) is 0 Å². The van der Waals surface area contributed by atoms with Crippen molar-refractivity contribution in [2.45, 2.75) is 0 Å². The maximum atomic E-state index is 5.47. The molecule has 0 bridgehead atoms. The number of nitrogens with zero attached hydrogens (tertiary/aromatic N) is 3. The molecule has 0 spiro atoms. The van der Waals surface area contributed by atoms with E-state index < -0.39 is 0 Å². The molecule has 0 N–H and O–H groups in total. The summed E-state index contributed by atoms with van der Waals surface area (Å²) < 4.78 is 2.58. The van der Waals surface area contributed by atoms with E-state index in [0.29, 0.717) is 5.82 Å². The van der Waals surface area contributed by atoms with Crippen molar-refractivity contribution < 1.29 is 0 Å². The Morgan fingerprint density at radius 1 is 0.286 bits per heavy atom. The minimum Gasteiger partial charge on any atom is -0.247 e. The third kappa shape index (κ3) is 6.56. The molecule has 0 saturated heterocycles. The zero-order valence-corrected chi connectivity index (χ0v) is 34.9. The lowest BCUT2D eigenvalue weighted by Gasteiger charge is -2.18. The Kier molecular flexibility index (Phi) is 9.02. The van der Waals surface area contributed by atoms with E-state index in [2.05, 4.69) is 206 Å². The molecule has 9 aromatic carbocycles. The molecule has 0 aliphatic carbocycles. The molecule has 0 aliphatic heterocycles. The van der Waals surface area contributed by atoms with E-state index in [-0.39, 0.29) is 0 Å².